The molecule has 1 radical (unpaired) electrons. The van der Waals surface area contributed by atoms with Gasteiger partial charge in [0.2, 0.25) is 0 Å². The summed E-state index contributed by atoms with van der Waals surface area (Å²) >= 11 is 1.73. The largest absolute Gasteiger partial charge is 0.257 e. The lowest BCUT2D eigenvalue weighted by atomic mass is 10.4. The molecule has 10 heavy (non-hydrogen) atoms. The molecule has 0 heterocycles. The minimum Gasteiger partial charge on any atom is -0.257 e. The molecule has 1 rings (SSSR count). The Balaban J connectivity index is 2.43. The third kappa shape index (κ3) is 2.42. The van der Waals surface area contributed by atoms with E-state index in [0.29, 0.717) is 6.54 Å². The second kappa shape index (κ2) is 4.36. The van der Waals surface area contributed by atoms with Gasteiger partial charge in [-0.3, -0.25) is 5.73 Å². The summed E-state index contributed by atoms with van der Waals surface area (Å²) in [6.45, 7) is 0.500. The van der Waals surface area contributed by atoms with E-state index in [2.05, 4.69) is 12.1 Å². The molecule has 0 aliphatic rings. The SMILES string of the molecule is [NH]CCSc1ccccc1. The highest BCUT2D eigenvalue weighted by Crippen LogP contribution is 2.15. The summed E-state index contributed by atoms with van der Waals surface area (Å²) in [5.41, 5.74) is 6.93. The predicted molar refractivity (Wildman–Crippen MR) is 45.1 cm³/mol. The third-order valence-corrected chi connectivity index (χ3v) is 2.13. The molecule has 0 saturated carbocycles. The van der Waals surface area contributed by atoms with Crippen molar-refractivity contribution in [3.8, 4) is 0 Å². The minimum absolute atomic E-state index is 0.500. The number of rotatable bonds is 3. The van der Waals surface area contributed by atoms with Crippen LogP contribution in [0.3, 0.4) is 0 Å². The van der Waals surface area contributed by atoms with Gasteiger partial charge in [0.05, 0.1) is 0 Å². The first-order chi connectivity index (χ1) is 4.93. The summed E-state index contributed by atoms with van der Waals surface area (Å²) in [6.07, 6.45) is 0. The van der Waals surface area contributed by atoms with Crippen LogP contribution in [0, 0.1) is 0 Å². The lowest BCUT2D eigenvalue weighted by Crippen LogP contribution is -1.86. The number of thioether (sulfide) groups is 1. The molecule has 0 amide bonds. The fraction of sp³-hybridized carbons (Fsp3) is 0.250. The molecule has 0 aliphatic heterocycles. The number of nitrogens with one attached hydrogen (secondary N) is 1. The fourth-order valence-corrected chi connectivity index (χ4v) is 1.37. The Kier molecular flexibility index (Phi) is 3.33. The van der Waals surface area contributed by atoms with Crippen molar-refractivity contribution in [3.05, 3.63) is 30.3 Å². The van der Waals surface area contributed by atoms with Crippen LogP contribution in [0.1, 0.15) is 0 Å². The number of hydrogen-bond donors (Lipinski definition) is 0. The van der Waals surface area contributed by atoms with Crippen LogP contribution in [0.2, 0.25) is 0 Å². The molecule has 0 aliphatic carbocycles. The Hall–Kier alpha value is -0.470. The van der Waals surface area contributed by atoms with Gasteiger partial charge in [0.1, 0.15) is 0 Å². The molecule has 0 bridgehead atoms. The second-order valence-electron chi connectivity index (χ2n) is 1.91. The van der Waals surface area contributed by atoms with Crippen LogP contribution < -0.4 is 5.73 Å². The average molecular weight is 152 g/mol. The van der Waals surface area contributed by atoms with Crippen molar-refractivity contribution < 1.29 is 0 Å². The zero-order valence-electron chi connectivity index (χ0n) is 5.71. The van der Waals surface area contributed by atoms with Crippen molar-refractivity contribution in [2.75, 3.05) is 12.3 Å². The molecule has 0 fully saturated rings. The molecule has 0 unspecified atom stereocenters. The van der Waals surface area contributed by atoms with Crippen molar-refractivity contribution in [3.63, 3.8) is 0 Å². The molecule has 1 nitrogen and oxygen atoms in total. The Morgan fingerprint density at radius 1 is 1.20 bits per heavy atom. The van der Waals surface area contributed by atoms with E-state index in [1.165, 1.54) is 4.90 Å². The average Bonchev–Trinajstić information content (AvgIpc) is 2.03. The topological polar surface area (TPSA) is 23.8 Å². The molecular formula is C8H10NS. The summed E-state index contributed by atoms with van der Waals surface area (Å²) in [5, 5.41) is 0. The zero-order chi connectivity index (χ0) is 7.23. The highest BCUT2D eigenvalue weighted by molar-refractivity contribution is 7.99. The quantitative estimate of drug-likeness (QED) is 0.608. The molecule has 0 saturated heterocycles. The van der Waals surface area contributed by atoms with Crippen LogP contribution in [0.5, 0.6) is 0 Å². The molecular weight excluding hydrogens is 142 g/mol. The van der Waals surface area contributed by atoms with Crippen molar-refractivity contribution in [2.24, 2.45) is 0 Å². The van der Waals surface area contributed by atoms with E-state index in [4.69, 9.17) is 5.73 Å². The maximum Gasteiger partial charge on any atom is 0.0194 e. The summed E-state index contributed by atoms with van der Waals surface area (Å²) < 4.78 is 0. The molecule has 0 aromatic heterocycles. The van der Waals surface area contributed by atoms with E-state index < -0.39 is 0 Å². The van der Waals surface area contributed by atoms with E-state index >= 15 is 0 Å². The molecule has 0 spiro atoms. The van der Waals surface area contributed by atoms with Crippen molar-refractivity contribution >= 4 is 11.8 Å². The highest BCUT2D eigenvalue weighted by atomic mass is 32.2. The van der Waals surface area contributed by atoms with Crippen LogP contribution in [-0.4, -0.2) is 12.3 Å². The van der Waals surface area contributed by atoms with Crippen molar-refractivity contribution in [1.82, 2.24) is 5.73 Å². The molecule has 0 atom stereocenters. The molecule has 2 heteroatoms. The van der Waals surface area contributed by atoms with Crippen molar-refractivity contribution in [2.45, 2.75) is 4.90 Å². The second-order valence-corrected chi connectivity index (χ2v) is 3.08. The normalized spacial score (nSPS) is 9.70. The maximum atomic E-state index is 6.93. The maximum absolute atomic E-state index is 6.93. The first kappa shape index (κ1) is 7.63. The van der Waals surface area contributed by atoms with Gasteiger partial charge < -0.3 is 0 Å². The smallest absolute Gasteiger partial charge is 0.0194 e. The van der Waals surface area contributed by atoms with E-state index in [0.717, 1.165) is 5.75 Å². The standard InChI is InChI=1S/C8H10NS/c9-6-7-10-8-4-2-1-3-5-8/h1-5,9H,6-7H2. The number of benzene rings is 1. The van der Waals surface area contributed by atoms with Crippen LogP contribution in [0.4, 0.5) is 0 Å². The molecule has 1 N–H and O–H groups in total. The van der Waals surface area contributed by atoms with Crippen molar-refractivity contribution in [1.29, 1.82) is 0 Å². The number of hydrogen-bond acceptors (Lipinski definition) is 1. The first-order valence-electron chi connectivity index (χ1n) is 3.26. The fourth-order valence-electron chi connectivity index (χ4n) is 0.686. The van der Waals surface area contributed by atoms with Crippen LogP contribution in [0.25, 0.3) is 0 Å². The van der Waals surface area contributed by atoms with Gasteiger partial charge in [-0.05, 0) is 12.1 Å². The zero-order valence-corrected chi connectivity index (χ0v) is 6.53. The van der Waals surface area contributed by atoms with Gasteiger partial charge in [0.25, 0.3) is 0 Å². The van der Waals surface area contributed by atoms with E-state index in [1.54, 1.807) is 11.8 Å². The lowest BCUT2D eigenvalue weighted by molar-refractivity contribution is 1.10. The lowest BCUT2D eigenvalue weighted by Gasteiger charge is -1.95. The Morgan fingerprint density at radius 3 is 2.50 bits per heavy atom. The van der Waals surface area contributed by atoms with Gasteiger partial charge in [-0.25, -0.2) is 0 Å². The predicted octanol–water partition coefficient (Wildman–Crippen LogP) is 2.06. The van der Waals surface area contributed by atoms with Crippen LogP contribution >= 0.6 is 11.8 Å². The first-order valence-corrected chi connectivity index (χ1v) is 4.24. The van der Waals surface area contributed by atoms with Gasteiger partial charge in [-0.15, -0.1) is 11.8 Å². The van der Waals surface area contributed by atoms with Gasteiger partial charge in [-0.2, -0.15) is 0 Å². The van der Waals surface area contributed by atoms with Crippen LogP contribution in [-0.2, 0) is 0 Å². The summed E-state index contributed by atoms with van der Waals surface area (Å²) in [6, 6.07) is 10.2. The van der Waals surface area contributed by atoms with E-state index in [1.807, 2.05) is 18.2 Å². The highest BCUT2D eigenvalue weighted by Gasteiger charge is 1.88. The minimum atomic E-state index is 0.500. The summed E-state index contributed by atoms with van der Waals surface area (Å²) in [5.74, 6) is 0.893. The van der Waals surface area contributed by atoms with Gasteiger partial charge >= 0.3 is 0 Å². The molecule has 1 aromatic rings. The van der Waals surface area contributed by atoms with E-state index in [9.17, 15) is 0 Å². The Labute approximate surface area is 65.6 Å². The molecule has 53 valence electrons. The third-order valence-electron chi connectivity index (χ3n) is 1.11. The van der Waals surface area contributed by atoms with E-state index in [-0.39, 0.29) is 0 Å². The summed E-state index contributed by atoms with van der Waals surface area (Å²) in [7, 11) is 0. The van der Waals surface area contributed by atoms with Gasteiger partial charge in [0, 0.05) is 17.2 Å². The monoisotopic (exact) mass is 152 g/mol. The van der Waals surface area contributed by atoms with Gasteiger partial charge in [0.15, 0.2) is 0 Å². The molecule has 1 aromatic carbocycles. The Morgan fingerprint density at radius 2 is 1.90 bits per heavy atom. The van der Waals surface area contributed by atoms with Crippen LogP contribution in [0.15, 0.2) is 35.2 Å². The van der Waals surface area contributed by atoms with Gasteiger partial charge in [-0.1, -0.05) is 18.2 Å². The Bertz CT molecular complexity index is 174. The summed E-state index contributed by atoms with van der Waals surface area (Å²) in [4.78, 5) is 1.26.